The van der Waals surface area contributed by atoms with Crippen LogP contribution in [0.15, 0.2) is 24.4 Å². The Morgan fingerprint density at radius 3 is 2.82 bits per heavy atom. The van der Waals surface area contributed by atoms with E-state index in [-0.39, 0.29) is 5.69 Å². The van der Waals surface area contributed by atoms with E-state index in [1.807, 2.05) is 19.1 Å². The van der Waals surface area contributed by atoms with Crippen LogP contribution in [0.5, 0.6) is 5.75 Å². The molecule has 2 rings (SSSR count). The molecule has 88 valence electrons. The van der Waals surface area contributed by atoms with Gasteiger partial charge in [0.15, 0.2) is 5.69 Å². The van der Waals surface area contributed by atoms with Crippen LogP contribution in [0, 0.1) is 6.92 Å². The molecular weight excluding hydrogens is 222 g/mol. The van der Waals surface area contributed by atoms with Gasteiger partial charge in [0.25, 0.3) is 0 Å². The predicted molar refractivity (Wildman–Crippen MR) is 59.6 cm³/mol. The van der Waals surface area contributed by atoms with Crippen LogP contribution in [0.25, 0.3) is 5.69 Å². The Kier molecular flexibility index (Phi) is 2.78. The number of nitrogens with zero attached hydrogens (tertiary/aromatic N) is 3. The molecule has 1 aromatic heterocycles. The second-order valence-corrected chi connectivity index (χ2v) is 3.50. The molecule has 0 bridgehead atoms. The third-order valence-corrected chi connectivity index (χ3v) is 2.26. The normalized spacial score (nSPS) is 10.2. The SMILES string of the molecule is COc1ccc(C)cc1-n1ncc(C(=O)O)n1. The third-order valence-electron chi connectivity index (χ3n) is 2.26. The molecule has 0 aliphatic carbocycles. The Labute approximate surface area is 97.4 Å². The summed E-state index contributed by atoms with van der Waals surface area (Å²) in [5.41, 5.74) is 1.52. The molecule has 0 amide bonds. The Balaban J connectivity index is 2.51. The monoisotopic (exact) mass is 233 g/mol. The minimum absolute atomic E-state index is 0.103. The molecular formula is C11H11N3O3. The first-order valence-corrected chi connectivity index (χ1v) is 4.92. The first-order chi connectivity index (χ1) is 8.11. The molecule has 0 spiro atoms. The van der Waals surface area contributed by atoms with E-state index in [1.165, 1.54) is 18.1 Å². The molecule has 1 heterocycles. The number of ether oxygens (including phenoxy) is 1. The largest absolute Gasteiger partial charge is 0.494 e. The highest BCUT2D eigenvalue weighted by atomic mass is 16.5. The zero-order valence-electron chi connectivity index (χ0n) is 9.41. The van der Waals surface area contributed by atoms with E-state index >= 15 is 0 Å². The Morgan fingerprint density at radius 2 is 2.24 bits per heavy atom. The fourth-order valence-corrected chi connectivity index (χ4v) is 1.43. The minimum atomic E-state index is -1.11. The van der Waals surface area contributed by atoms with Crippen LogP contribution in [0.4, 0.5) is 0 Å². The van der Waals surface area contributed by atoms with E-state index in [0.717, 1.165) is 5.56 Å². The maximum Gasteiger partial charge on any atom is 0.358 e. The smallest absolute Gasteiger partial charge is 0.358 e. The molecule has 0 saturated carbocycles. The Bertz CT molecular complexity index is 563. The molecule has 1 N–H and O–H groups in total. The quantitative estimate of drug-likeness (QED) is 0.864. The van der Waals surface area contributed by atoms with Crippen molar-refractivity contribution in [3.05, 3.63) is 35.7 Å². The Hall–Kier alpha value is -2.37. The maximum atomic E-state index is 10.7. The summed E-state index contributed by atoms with van der Waals surface area (Å²) in [6, 6.07) is 5.50. The van der Waals surface area contributed by atoms with E-state index in [9.17, 15) is 4.79 Å². The maximum absolute atomic E-state index is 10.7. The summed E-state index contributed by atoms with van der Waals surface area (Å²) in [5.74, 6) is -0.522. The summed E-state index contributed by atoms with van der Waals surface area (Å²) in [6.45, 7) is 1.92. The lowest BCUT2D eigenvalue weighted by Crippen LogP contribution is -2.04. The minimum Gasteiger partial charge on any atom is -0.494 e. The molecule has 0 saturated heterocycles. The van der Waals surface area contributed by atoms with Crippen LogP contribution >= 0.6 is 0 Å². The molecule has 0 unspecified atom stereocenters. The molecule has 0 radical (unpaired) electrons. The van der Waals surface area contributed by atoms with Crippen molar-refractivity contribution in [3.63, 3.8) is 0 Å². The third kappa shape index (κ3) is 2.10. The van der Waals surface area contributed by atoms with Crippen molar-refractivity contribution in [2.24, 2.45) is 0 Å². The van der Waals surface area contributed by atoms with Gasteiger partial charge < -0.3 is 9.84 Å². The fourth-order valence-electron chi connectivity index (χ4n) is 1.43. The molecule has 0 aliphatic heterocycles. The molecule has 0 aliphatic rings. The van der Waals surface area contributed by atoms with E-state index in [4.69, 9.17) is 9.84 Å². The molecule has 6 heteroatoms. The molecule has 6 nitrogen and oxygen atoms in total. The van der Waals surface area contributed by atoms with Crippen LogP contribution in [0.2, 0.25) is 0 Å². The van der Waals surface area contributed by atoms with E-state index in [2.05, 4.69) is 10.2 Å². The number of aryl methyl sites for hydroxylation is 1. The van der Waals surface area contributed by atoms with Gasteiger partial charge in [-0.15, -0.1) is 9.90 Å². The van der Waals surface area contributed by atoms with Gasteiger partial charge in [0.2, 0.25) is 0 Å². The van der Waals surface area contributed by atoms with Crippen LogP contribution in [0.1, 0.15) is 16.1 Å². The van der Waals surface area contributed by atoms with E-state index < -0.39 is 5.97 Å². The molecule has 2 aromatic rings. The van der Waals surface area contributed by atoms with Crippen molar-refractivity contribution >= 4 is 5.97 Å². The first kappa shape index (κ1) is 11.1. The number of carboxylic acids is 1. The molecule has 0 atom stereocenters. The van der Waals surface area contributed by atoms with Gasteiger partial charge in [-0.2, -0.15) is 5.10 Å². The predicted octanol–water partition coefficient (Wildman–Crippen LogP) is 1.28. The second kappa shape index (κ2) is 4.25. The summed E-state index contributed by atoms with van der Waals surface area (Å²) in [6.07, 6.45) is 1.20. The van der Waals surface area contributed by atoms with Gasteiger partial charge in [-0.1, -0.05) is 6.07 Å². The average molecular weight is 233 g/mol. The van der Waals surface area contributed by atoms with Crippen molar-refractivity contribution in [1.82, 2.24) is 15.0 Å². The number of carboxylic acid groups (broad SMARTS) is 1. The second-order valence-electron chi connectivity index (χ2n) is 3.50. The van der Waals surface area contributed by atoms with Crippen molar-refractivity contribution in [3.8, 4) is 11.4 Å². The highest BCUT2D eigenvalue weighted by molar-refractivity contribution is 5.84. The molecule has 1 aromatic carbocycles. The molecule has 17 heavy (non-hydrogen) atoms. The number of hydrogen-bond donors (Lipinski definition) is 1. The number of rotatable bonds is 3. The van der Waals surface area contributed by atoms with Crippen molar-refractivity contribution < 1.29 is 14.6 Å². The zero-order valence-corrected chi connectivity index (χ0v) is 9.41. The topological polar surface area (TPSA) is 77.2 Å². The molecule has 0 fully saturated rings. The van der Waals surface area contributed by atoms with Crippen molar-refractivity contribution in [1.29, 1.82) is 0 Å². The lowest BCUT2D eigenvalue weighted by molar-refractivity contribution is 0.0690. The van der Waals surface area contributed by atoms with E-state index in [0.29, 0.717) is 11.4 Å². The van der Waals surface area contributed by atoms with Crippen LogP contribution in [-0.4, -0.2) is 33.2 Å². The summed E-state index contributed by atoms with van der Waals surface area (Å²) in [4.78, 5) is 12.0. The number of hydrogen-bond acceptors (Lipinski definition) is 4. The van der Waals surface area contributed by atoms with Gasteiger partial charge in [-0.3, -0.25) is 0 Å². The van der Waals surface area contributed by atoms with Crippen molar-refractivity contribution in [2.45, 2.75) is 6.92 Å². The summed E-state index contributed by atoms with van der Waals surface area (Å²) < 4.78 is 5.18. The van der Waals surface area contributed by atoms with Gasteiger partial charge in [-0.25, -0.2) is 4.79 Å². The number of methoxy groups -OCH3 is 1. The number of aromatic nitrogens is 3. The number of carbonyl (C=O) groups is 1. The lowest BCUT2D eigenvalue weighted by Gasteiger charge is -2.07. The number of aromatic carboxylic acids is 1. The fraction of sp³-hybridized carbons (Fsp3) is 0.182. The zero-order chi connectivity index (χ0) is 12.4. The van der Waals surface area contributed by atoms with Gasteiger partial charge in [0.05, 0.1) is 13.3 Å². The van der Waals surface area contributed by atoms with Gasteiger partial charge in [0.1, 0.15) is 11.4 Å². The van der Waals surface area contributed by atoms with Gasteiger partial charge >= 0.3 is 5.97 Å². The summed E-state index contributed by atoms with van der Waals surface area (Å²) >= 11 is 0. The van der Waals surface area contributed by atoms with Gasteiger partial charge in [-0.05, 0) is 24.6 Å². The highest BCUT2D eigenvalue weighted by Crippen LogP contribution is 2.22. The summed E-state index contributed by atoms with van der Waals surface area (Å²) in [5, 5.41) is 16.5. The Morgan fingerprint density at radius 1 is 1.47 bits per heavy atom. The van der Waals surface area contributed by atoms with Crippen molar-refractivity contribution in [2.75, 3.05) is 7.11 Å². The van der Waals surface area contributed by atoms with Crippen LogP contribution < -0.4 is 4.74 Å². The van der Waals surface area contributed by atoms with Crippen LogP contribution in [0.3, 0.4) is 0 Å². The first-order valence-electron chi connectivity index (χ1n) is 4.92. The average Bonchev–Trinajstić information content (AvgIpc) is 2.78. The highest BCUT2D eigenvalue weighted by Gasteiger charge is 2.12. The van der Waals surface area contributed by atoms with E-state index in [1.54, 1.807) is 6.07 Å². The summed E-state index contributed by atoms with van der Waals surface area (Å²) in [7, 11) is 1.54. The standard InChI is InChI=1S/C11H11N3O3/c1-7-3-4-10(17-2)9(5-7)14-12-6-8(13-14)11(15)16/h3-6H,1-2H3,(H,15,16). The lowest BCUT2D eigenvalue weighted by atomic mass is 10.2. The van der Waals surface area contributed by atoms with Gasteiger partial charge in [0, 0.05) is 0 Å². The van der Waals surface area contributed by atoms with Crippen LogP contribution in [-0.2, 0) is 0 Å². The number of benzene rings is 1.